The van der Waals surface area contributed by atoms with Gasteiger partial charge in [0.25, 0.3) is 14.3 Å². The summed E-state index contributed by atoms with van der Waals surface area (Å²) in [6.07, 6.45) is 15.9. The van der Waals surface area contributed by atoms with Crippen LogP contribution in [0.2, 0.25) is 22.7 Å². The summed E-state index contributed by atoms with van der Waals surface area (Å²) in [6.45, 7) is 13.8. The number of hydrogen-bond donors (Lipinski definition) is 0. The first-order chi connectivity index (χ1) is 15.4. The maximum absolute atomic E-state index is 13.9. The van der Waals surface area contributed by atoms with Gasteiger partial charge in [-0.1, -0.05) is 85.0 Å². The molecule has 0 amide bonds. The largest absolute Gasteiger partial charge is 0.518 e. The van der Waals surface area contributed by atoms with E-state index in [1.807, 2.05) is 20.8 Å². The van der Waals surface area contributed by atoms with Gasteiger partial charge in [-0.15, -0.1) is 0 Å². The SMILES string of the molecule is CCCCCC[Si](CCCCCC)(OC(=O)C(C)(CC)[Si](OCC)OCC)C1CCCC1. The molecule has 1 saturated carbocycles. The summed E-state index contributed by atoms with van der Waals surface area (Å²) in [6, 6.07) is 2.31. The van der Waals surface area contributed by atoms with Crippen LogP contribution in [0.25, 0.3) is 0 Å². The first-order valence-corrected chi connectivity index (χ1v) is 17.5. The van der Waals surface area contributed by atoms with Gasteiger partial charge in [0.2, 0.25) is 0 Å². The Morgan fingerprint density at radius 1 is 0.844 bits per heavy atom. The van der Waals surface area contributed by atoms with E-state index in [0.717, 1.165) is 12.1 Å². The van der Waals surface area contributed by atoms with Gasteiger partial charge in [0.15, 0.2) is 0 Å². The van der Waals surface area contributed by atoms with Crippen molar-refractivity contribution in [2.45, 2.75) is 148 Å². The molecule has 1 rings (SSSR count). The van der Waals surface area contributed by atoms with Crippen molar-refractivity contribution < 1.29 is 18.1 Å². The highest BCUT2D eigenvalue weighted by molar-refractivity contribution is 6.77. The van der Waals surface area contributed by atoms with Crippen LogP contribution in [0, 0.1) is 0 Å². The lowest BCUT2D eigenvalue weighted by Crippen LogP contribution is -2.50. The Morgan fingerprint density at radius 2 is 1.34 bits per heavy atom. The minimum Gasteiger partial charge on any atom is -0.518 e. The fourth-order valence-corrected chi connectivity index (χ4v) is 12.2. The molecule has 1 unspecified atom stereocenters. The molecule has 0 heterocycles. The predicted molar refractivity (Wildman–Crippen MR) is 140 cm³/mol. The Kier molecular flexibility index (Phi) is 15.3. The molecule has 0 saturated heterocycles. The second kappa shape index (κ2) is 16.5. The highest BCUT2D eigenvalue weighted by Gasteiger charge is 2.53. The molecule has 0 N–H and O–H groups in total. The van der Waals surface area contributed by atoms with E-state index in [0.29, 0.717) is 25.2 Å². The number of rotatable bonds is 19. The van der Waals surface area contributed by atoms with E-state index in [4.69, 9.17) is 13.3 Å². The molecule has 1 atom stereocenters. The van der Waals surface area contributed by atoms with Crippen LogP contribution in [0.4, 0.5) is 0 Å². The molecule has 4 nitrogen and oxygen atoms in total. The minimum absolute atomic E-state index is 0.0136. The third-order valence-electron chi connectivity index (χ3n) is 7.46. The quantitative estimate of drug-likeness (QED) is 0.136. The van der Waals surface area contributed by atoms with E-state index in [9.17, 15) is 4.79 Å². The average Bonchev–Trinajstić information content (AvgIpc) is 3.34. The zero-order valence-corrected chi connectivity index (χ0v) is 24.2. The summed E-state index contributed by atoms with van der Waals surface area (Å²) < 4.78 is 18.9. The van der Waals surface area contributed by atoms with Crippen LogP contribution in [0.15, 0.2) is 0 Å². The molecule has 1 aliphatic rings. The van der Waals surface area contributed by atoms with Crippen LogP contribution >= 0.6 is 0 Å². The molecule has 189 valence electrons. The number of hydrogen-bond acceptors (Lipinski definition) is 4. The van der Waals surface area contributed by atoms with Crippen molar-refractivity contribution in [3.63, 3.8) is 0 Å². The highest BCUT2D eigenvalue weighted by atomic mass is 28.4. The monoisotopic (exact) mass is 485 g/mol. The topological polar surface area (TPSA) is 44.8 Å². The van der Waals surface area contributed by atoms with Crippen molar-refractivity contribution in [3.05, 3.63) is 0 Å². The summed E-state index contributed by atoms with van der Waals surface area (Å²) in [5.74, 6) is -0.0136. The summed E-state index contributed by atoms with van der Waals surface area (Å²) in [4.78, 5) is 13.9. The molecule has 0 spiro atoms. The Bertz CT molecular complexity index is 478. The van der Waals surface area contributed by atoms with Gasteiger partial charge >= 0.3 is 9.28 Å². The van der Waals surface area contributed by atoms with Crippen molar-refractivity contribution in [3.8, 4) is 0 Å². The fourth-order valence-electron chi connectivity index (χ4n) is 5.16. The Balaban J connectivity index is 3.15. The van der Waals surface area contributed by atoms with Gasteiger partial charge < -0.3 is 13.3 Å². The Hall–Kier alpha value is -0.176. The van der Waals surface area contributed by atoms with Gasteiger partial charge in [-0.2, -0.15) is 0 Å². The van der Waals surface area contributed by atoms with Crippen LogP contribution in [0.5, 0.6) is 0 Å². The fraction of sp³-hybridized carbons (Fsp3) is 0.962. The average molecular weight is 486 g/mol. The summed E-state index contributed by atoms with van der Waals surface area (Å²) >= 11 is 0. The lowest BCUT2D eigenvalue weighted by Gasteiger charge is -2.40. The van der Waals surface area contributed by atoms with Crippen LogP contribution in [-0.2, 0) is 18.1 Å². The van der Waals surface area contributed by atoms with Crippen molar-refractivity contribution in [2.75, 3.05) is 13.2 Å². The molecular weight excluding hydrogens is 432 g/mol. The molecule has 1 radical (unpaired) electrons. The van der Waals surface area contributed by atoms with Crippen molar-refractivity contribution in [1.82, 2.24) is 0 Å². The van der Waals surface area contributed by atoms with Crippen LogP contribution in [0.3, 0.4) is 0 Å². The van der Waals surface area contributed by atoms with Crippen LogP contribution < -0.4 is 0 Å². The first kappa shape index (κ1) is 29.9. The van der Waals surface area contributed by atoms with Gasteiger partial charge in [-0.25, -0.2) is 0 Å². The molecule has 0 aromatic rings. The lowest BCUT2D eigenvalue weighted by molar-refractivity contribution is -0.139. The van der Waals surface area contributed by atoms with Gasteiger partial charge in [-0.3, -0.25) is 4.79 Å². The second-order valence-electron chi connectivity index (χ2n) is 9.90. The molecular formula is C26H53O4Si2. The van der Waals surface area contributed by atoms with Crippen molar-refractivity contribution in [2.24, 2.45) is 0 Å². The van der Waals surface area contributed by atoms with E-state index in [2.05, 4.69) is 20.8 Å². The third kappa shape index (κ3) is 8.88. The van der Waals surface area contributed by atoms with E-state index in [1.54, 1.807) is 0 Å². The van der Waals surface area contributed by atoms with Gasteiger partial charge in [-0.05, 0) is 57.7 Å². The Labute approximate surface area is 202 Å². The molecule has 0 aromatic heterocycles. The predicted octanol–water partition coefficient (Wildman–Crippen LogP) is 8.31. The van der Waals surface area contributed by atoms with E-state index < -0.39 is 22.6 Å². The molecule has 32 heavy (non-hydrogen) atoms. The van der Waals surface area contributed by atoms with Crippen molar-refractivity contribution >= 4 is 23.6 Å². The maximum Gasteiger partial charge on any atom is 0.402 e. The van der Waals surface area contributed by atoms with Gasteiger partial charge in [0, 0.05) is 13.2 Å². The van der Waals surface area contributed by atoms with Gasteiger partial charge in [0.05, 0.1) is 0 Å². The number of carbonyl (C=O) groups excluding carboxylic acids is 1. The molecule has 6 heteroatoms. The molecule has 1 aliphatic carbocycles. The van der Waals surface area contributed by atoms with Crippen LogP contribution in [0.1, 0.15) is 125 Å². The lowest BCUT2D eigenvalue weighted by atomic mass is 10.1. The van der Waals surface area contributed by atoms with E-state index >= 15 is 0 Å². The molecule has 0 aliphatic heterocycles. The summed E-state index contributed by atoms with van der Waals surface area (Å²) in [7, 11) is -3.92. The smallest absolute Gasteiger partial charge is 0.402 e. The molecule has 0 aromatic carbocycles. The first-order valence-electron chi connectivity index (χ1n) is 13.8. The third-order valence-corrected chi connectivity index (χ3v) is 15.1. The minimum atomic E-state index is -2.19. The number of carbonyl (C=O) groups is 1. The molecule has 1 fully saturated rings. The molecule has 0 bridgehead atoms. The van der Waals surface area contributed by atoms with Crippen molar-refractivity contribution in [1.29, 1.82) is 0 Å². The Morgan fingerprint density at radius 3 is 1.75 bits per heavy atom. The zero-order valence-electron chi connectivity index (χ0n) is 22.2. The maximum atomic E-state index is 13.9. The van der Waals surface area contributed by atoms with E-state index in [-0.39, 0.29) is 5.97 Å². The number of unbranched alkanes of at least 4 members (excludes halogenated alkanes) is 6. The summed E-state index contributed by atoms with van der Waals surface area (Å²) in [5, 5.41) is -0.652. The normalized spacial score (nSPS) is 17.1. The zero-order chi connectivity index (χ0) is 23.9. The van der Waals surface area contributed by atoms with E-state index in [1.165, 1.54) is 77.0 Å². The second-order valence-corrected chi connectivity index (χ2v) is 16.3. The standard InChI is InChI=1S/C26H53O4Si2/c1-7-12-14-18-22-32(23-19-15-13-8-2,24-20-16-17-21-24)30-25(27)26(6,9-3)31(28-10-4)29-11-5/h24H,7-23H2,1-6H3. The van der Waals surface area contributed by atoms with Crippen LogP contribution in [-0.4, -0.2) is 36.8 Å². The highest BCUT2D eigenvalue weighted by Crippen LogP contribution is 2.47. The van der Waals surface area contributed by atoms with Gasteiger partial charge in [0.1, 0.15) is 5.04 Å². The summed E-state index contributed by atoms with van der Waals surface area (Å²) in [5.41, 5.74) is 0.644.